The Labute approximate surface area is 194 Å². The quantitative estimate of drug-likeness (QED) is 0.483. The van der Waals surface area contributed by atoms with E-state index in [1.165, 1.54) is 6.42 Å². The maximum atomic E-state index is 13.1. The van der Waals surface area contributed by atoms with Crippen molar-refractivity contribution in [2.24, 2.45) is 5.92 Å². The zero-order valence-electron chi connectivity index (χ0n) is 19.5. The zero-order valence-corrected chi connectivity index (χ0v) is 20.3. The summed E-state index contributed by atoms with van der Waals surface area (Å²) in [6.07, 6.45) is 4.14. The number of hydrogen-bond donors (Lipinski definition) is 1. The molecular formula is C25H30N2O5S. The van der Waals surface area contributed by atoms with Crippen molar-refractivity contribution in [2.45, 2.75) is 63.8 Å². The highest BCUT2D eigenvalue weighted by Crippen LogP contribution is 2.38. The number of nitrogens with zero attached hydrogens (tertiary/aromatic N) is 1. The van der Waals surface area contributed by atoms with Crippen molar-refractivity contribution in [3.8, 4) is 11.3 Å². The fraction of sp³-hybridized carbons (Fsp3) is 0.440. The predicted molar refractivity (Wildman–Crippen MR) is 127 cm³/mol. The van der Waals surface area contributed by atoms with Crippen LogP contribution in [-0.4, -0.2) is 31.5 Å². The molecule has 1 heterocycles. The first-order valence-corrected chi connectivity index (χ1v) is 12.8. The molecule has 0 radical (unpaired) electrons. The summed E-state index contributed by atoms with van der Waals surface area (Å²) in [6.45, 7) is 7.37. The van der Waals surface area contributed by atoms with Gasteiger partial charge in [0.2, 0.25) is 10.0 Å². The van der Waals surface area contributed by atoms with E-state index in [0.29, 0.717) is 34.7 Å². The second-order valence-corrected chi connectivity index (χ2v) is 11.2. The molecule has 1 aliphatic rings. The van der Waals surface area contributed by atoms with Gasteiger partial charge < -0.3 is 9.15 Å². The Morgan fingerprint density at radius 3 is 2.45 bits per heavy atom. The topological polar surface area (TPSA) is 98.5 Å². The lowest BCUT2D eigenvalue weighted by Gasteiger charge is -2.24. The summed E-state index contributed by atoms with van der Waals surface area (Å²) in [6, 6.07) is 10.6. The average molecular weight is 471 g/mol. The third-order valence-corrected chi connectivity index (χ3v) is 7.53. The molecule has 176 valence electrons. The maximum Gasteiger partial charge on any atom is 0.394 e. The molecule has 3 aromatic rings. The first-order chi connectivity index (χ1) is 15.6. The number of benzene rings is 2. The number of hydrogen-bond acceptors (Lipinski definition) is 6. The van der Waals surface area contributed by atoms with Crippen LogP contribution >= 0.6 is 0 Å². The summed E-state index contributed by atoms with van der Waals surface area (Å²) in [4.78, 5) is 17.0. The van der Waals surface area contributed by atoms with E-state index >= 15 is 0 Å². The van der Waals surface area contributed by atoms with Crippen LogP contribution in [0.4, 0.5) is 0 Å². The van der Waals surface area contributed by atoms with Crippen molar-refractivity contribution in [1.29, 1.82) is 0 Å². The molecule has 0 saturated heterocycles. The van der Waals surface area contributed by atoms with Gasteiger partial charge in [-0.15, -0.1) is 0 Å². The van der Waals surface area contributed by atoms with Gasteiger partial charge in [-0.3, -0.25) is 0 Å². The number of rotatable bonds is 7. The molecule has 1 fully saturated rings. The van der Waals surface area contributed by atoms with Crippen LogP contribution in [0.25, 0.3) is 22.1 Å². The van der Waals surface area contributed by atoms with Crippen molar-refractivity contribution >= 4 is 26.8 Å². The van der Waals surface area contributed by atoms with Crippen molar-refractivity contribution in [3.63, 3.8) is 0 Å². The highest BCUT2D eigenvalue weighted by molar-refractivity contribution is 7.89. The van der Waals surface area contributed by atoms with Crippen LogP contribution in [0.5, 0.6) is 0 Å². The number of esters is 1. The first-order valence-electron chi connectivity index (χ1n) is 11.3. The van der Waals surface area contributed by atoms with Gasteiger partial charge >= 0.3 is 11.9 Å². The summed E-state index contributed by atoms with van der Waals surface area (Å²) < 4.78 is 40.0. The van der Waals surface area contributed by atoms with Gasteiger partial charge in [0.05, 0.1) is 17.2 Å². The van der Waals surface area contributed by atoms with E-state index in [2.05, 4.69) is 9.71 Å². The lowest BCUT2D eigenvalue weighted by molar-refractivity contribution is 0.0481. The summed E-state index contributed by atoms with van der Waals surface area (Å²) >= 11 is 0. The normalized spacial score (nSPS) is 14.9. The van der Waals surface area contributed by atoms with Crippen LogP contribution in [0, 0.1) is 5.92 Å². The van der Waals surface area contributed by atoms with Crippen LogP contribution in [0.2, 0.25) is 0 Å². The van der Waals surface area contributed by atoms with E-state index < -0.39 is 21.5 Å². The molecule has 7 nitrogen and oxygen atoms in total. The van der Waals surface area contributed by atoms with E-state index in [1.54, 1.807) is 45.9 Å². The molecule has 33 heavy (non-hydrogen) atoms. The molecule has 0 amide bonds. The Kier molecular flexibility index (Phi) is 6.33. The molecule has 0 atom stereocenters. The van der Waals surface area contributed by atoms with Crippen LogP contribution in [0.3, 0.4) is 0 Å². The van der Waals surface area contributed by atoms with Crippen molar-refractivity contribution in [2.75, 3.05) is 6.61 Å². The number of sulfonamides is 1. The second kappa shape index (κ2) is 8.91. The fourth-order valence-electron chi connectivity index (χ4n) is 4.11. The summed E-state index contributed by atoms with van der Waals surface area (Å²) in [5.74, 6) is 0.326. The fourth-order valence-corrected chi connectivity index (χ4v) is 5.74. The minimum atomic E-state index is -3.75. The molecule has 0 aliphatic heterocycles. The highest BCUT2D eigenvalue weighted by atomic mass is 32.2. The maximum absolute atomic E-state index is 13.1. The third kappa shape index (κ3) is 4.96. The number of nitrogens with one attached hydrogen (secondary N) is 1. The van der Waals surface area contributed by atoms with Gasteiger partial charge in [0.1, 0.15) is 0 Å². The van der Waals surface area contributed by atoms with Gasteiger partial charge in [0.15, 0.2) is 5.76 Å². The molecular weight excluding hydrogens is 440 g/mol. The minimum absolute atomic E-state index is 0.0728. The Bertz CT molecular complexity index is 1280. The molecule has 0 unspecified atom stereocenters. The average Bonchev–Trinajstić information content (AvgIpc) is 3.12. The highest BCUT2D eigenvalue weighted by Gasteiger charge is 2.29. The second-order valence-electron chi connectivity index (χ2n) is 9.53. The Hall–Kier alpha value is -2.71. The lowest BCUT2D eigenvalue weighted by Crippen LogP contribution is -2.40. The SMILES string of the molecule is CCOC(=O)c1nc(CC2CCC2)c(-c2ccc(S(=O)(=O)NC(C)(C)C)c3ccccc23)o1. The van der Waals surface area contributed by atoms with E-state index in [4.69, 9.17) is 9.15 Å². The molecule has 2 aromatic carbocycles. The van der Waals surface area contributed by atoms with Crippen LogP contribution in [0.1, 0.15) is 63.3 Å². The van der Waals surface area contributed by atoms with Gasteiger partial charge in [0.25, 0.3) is 0 Å². The Morgan fingerprint density at radius 1 is 1.15 bits per heavy atom. The number of carbonyl (C=O) groups is 1. The predicted octanol–water partition coefficient (Wildman–Crippen LogP) is 5.09. The number of carbonyl (C=O) groups excluding carboxylic acids is 1. The van der Waals surface area contributed by atoms with Crippen LogP contribution in [-0.2, 0) is 21.2 Å². The first kappa shape index (κ1) is 23.4. The molecule has 1 aromatic heterocycles. The van der Waals surface area contributed by atoms with Gasteiger partial charge in [0, 0.05) is 16.5 Å². The number of oxazole rings is 1. The van der Waals surface area contributed by atoms with Crippen molar-refractivity contribution < 1.29 is 22.4 Å². The summed E-state index contributed by atoms with van der Waals surface area (Å²) in [5, 5.41) is 1.30. The Balaban J connectivity index is 1.86. The monoisotopic (exact) mass is 470 g/mol. The standard InChI is InChI=1S/C25H30N2O5S/c1-5-31-24(28)23-26-20(15-16-9-8-10-16)22(32-23)19-13-14-21(18-12-7-6-11-17(18)19)33(29,30)27-25(2,3)4/h6-7,11-14,16,27H,5,8-10,15H2,1-4H3. The molecule has 1 saturated carbocycles. The summed E-state index contributed by atoms with van der Waals surface area (Å²) in [7, 11) is -3.75. The number of aromatic nitrogens is 1. The zero-order chi connectivity index (χ0) is 23.8. The summed E-state index contributed by atoms with van der Waals surface area (Å²) in [5.41, 5.74) is 0.794. The van der Waals surface area contributed by atoms with Crippen molar-refractivity contribution in [3.05, 3.63) is 48.0 Å². The number of ether oxygens (including phenoxy) is 1. The lowest BCUT2D eigenvalue weighted by atomic mass is 9.81. The van der Waals surface area contributed by atoms with E-state index in [0.717, 1.165) is 18.2 Å². The van der Waals surface area contributed by atoms with Crippen LogP contribution < -0.4 is 4.72 Å². The van der Waals surface area contributed by atoms with E-state index in [1.807, 2.05) is 18.2 Å². The Morgan fingerprint density at radius 2 is 1.85 bits per heavy atom. The van der Waals surface area contributed by atoms with Gasteiger partial charge in [-0.1, -0.05) is 43.5 Å². The third-order valence-electron chi connectivity index (χ3n) is 5.71. The molecule has 0 spiro atoms. The molecule has 0 bridgehead atoms. The smallest absolute Gasteiger partial charge is 0.394 e. The van der Waals surface area contributed by atoms with Crippen molar-refractivity contribution in [1.82, 2.24) is 9.71 Å². The van der Waals surface area contributed by atoms with Gasteiger partial charge in [-0.05, 0) is 57.6 Å². The largest absolute Gasteiger partial charge is 0.459 e. The molecule has 1 N–H and O–H groups in total. The minimum Gasteiger partial charge on any atom is -0.459 e. The molecule has 1 aliphatic carbocycles. The molecule has 8 heteroatoms. The van der Waals surface area contributed by atoms with Crippen LogP contribution in [0.15, 0.2) is 45.7 Å². The molecule has 4 rings (SSSR count). The van der Waals surface area contributed by atoms with Gasteiger partial charge in [-0.2, -0.15) is 0 Å². The van der Waals surface area contributed by atoms with E-state index in [9.17, 15) is 13.2 Å². The van der Waals surface area contributed by atoms with Gasteiger partial charge in [-0.25, -0.2) is 22.9 Å². The number of fused-ring (bicyclic) bond motifs is 1. The van der Waals surface area contributed by atoms with E-state index in [-0.39, 0.29) is 17.4 Å².